The number of hydrogen-bond acceptors (Lipinski definition) is 7. The third kappa shape index (κ3) is 4.40. The molecule has 2 aliphatic carbocycles. The largest absolute Gasteiger partial charge is 0.493 e. The summed E-state index contributed by atoms with van der Waals surface area (Å²) in [5.74, 6) is 0.358. The molecule has 7 atom stereocenters. The number of aromatic amines is 1. The molecule has 1 saturated heterocycles. The number of H-pyrrole nitrogens is 1. The molecule has 2 saturated carbocycles. The normalized spacial score (nSPS) is 28.2. The Balaban J connectivity index is 1.15. The summed E-state index contributed by atoms with van der Waals surface area (Å²) in [6, 6.07) is 20.8. The van der Waals surface area contributed by atoms with E-state index in [0.717, 1.165) is 31.9 Å². The number of thiazole rings is 1. The van der Waals surface area contributed by atoms with Gasteiger partial charge in [-0.15, -0.1) is 11.8 Å². The molecule has 224 valence electrons. The van der Waals surface area contributed by atoms with Gasteiger partial charge in [-0.1, -0.05) is 57.1 Å². The van der Waals surface area contributed by atoms with Crippen molar-refractivity contribution in [1.82, 2.24) is 4.98 Å². The van der Waals surface area contributed by atoms with Gasteiger partial charge in [-0.3, -0.25) is 19.3 Å². The van der Waals surface area contributed by atoms with E-state index in [1.165, 1.54) is 16.2 Å². The highest BCUT2D eigenvalue weighted by molar-refractivity contribution is 9.10. The van der Waals surface area contributed by atoms with Crippen molar-refractivity contribution in [3.63, 3.8) is 0 Å². The first kappa shape index (κ1) is 28.4. The predicted octanol–water partition coefficient (Wildman–Crippen LogP) is 7.12. The summed E-state index contributed by atoms with van der Waals surface area (Å²) in [5, 5.41) is 1.63. The highest BCUT2D eigenvalue weighted by Gasteiger charge is 2.69. The number of imide groups is 1. The van der Waals surface area contributed by atoms with Gasteiger partial charge in [0, 0.05) is 25.5 Å². The molecule has 4 aromatic rings. The zero-order valence-electron chi connectivity index (χ0n) is 23.4. The number of halogens is 2. The molecule has 7 nitrogen and oxygen atoms in total. The molecule has 8 rings (SSSR count). The Morgan fingerprint density at radius 3 is 2.50 bits per heavy atom. The fraction of sp³-hybridized carbons (Fsp3) is 0.303. The number of nitrogens with one attached hydrogen (secondary N) is 1. The number of carbonyl (C=O) groups is 2. The zero-order valence-corrected chi connectivity index (χ0v) is 27.3. The Bertz CT molecular complexity index is 1880. The van der Waals surface area contributed by atoms with Crippen LogP contribution in [0.5, 0.6) is 11.5 Å². The summed E-state index contributed by atoms with van der Waals surface area (Å²) in [6.45, 7) is 0.336. The van der Waals surface area contributed by atoms with E-state index in [9.17, 15) is 14.4 Å². The van der Waals surface area contributed by atoms with Crippen molar-refractivity contribution in [3.8, 4) is 11.5 Å². The maximum atomic E-state index is 14.0. The van der Waals surface area contributed by atoms with Crippen molar-refractivity contribution >= 4 is 68.1 Å². The Kier molecular flexibility index (Phi) is 6.97. The first-order valence-corrected chi connectivity index (χ1v) is 17.3. The molecular weight excluding hydrogens is 684 g/mol. The van der Waals surface area contributed by atoms with E-state index in [1.807, 2.05) is 66.7 Å². The summed E-state index contributed by atoms with van der Waals surface area (Å²) < 4.78 is 12.8. The highest BCUT2D eigenvalue weighted by Crippen LogP contribution is 2.68. The lowest BCUT2D eigenvalue weighted by Crippen LogP contribution is -2.42. The maximum Gasteiger partial charge on any atom is 0.305 e. The van der Waals surface area contributed by atoms with Crippen molar-refractivity contribution in [2.75, 3.05) is 12.0 Å². The quantitative estimate of drug-likeness (QED) is 0.215. The Morgan fingerprint density at radius 1 is 0.977 bits per heavy atom. The maximum absolute atomic E-state index is 14.0. The van der Waals surface area contributed by atoms with Crippen molar-refractivity contribution in [1.29, 1.82) is 0 Å². The van der Waals surface area contributed by atoms with E-state index >= 15 is 0 Å². The van der Waals surface area contributed by atoms with Gasteiger partial charge in [0.1, 0.15) is 6.61 Å². The van der Waals surface area contributed by atoms with Crippen LogP contribution in [0.4, 0.5) is 5.69 Å². The van der Waals surface area contributed by atoms with Gasteiger partial charge in [0.05, 0.1) is 29.7 Å². The minimum absolute atomic E-state index is 0.0273. The minimum Gasteiger partial charge on any atom is -0.493 e. The van der Waals surface area contributed by atoms with Crippen LogP contribution in [0.1, 0.15) is 28.3 Å². The lowest BCUT2D eigenvalue weighted by Gasteiger charge is -2.43. The number of aromatic nitrogens is 1. The van der Waals surface area contributed by atoms with Gasteiger partial charge in [-0.25, -0.2) is 0 Å². The van der Waals surface area contributed by atoms with Crippen LogP contribution in [0, 0.1) is 29.6 Å². The second-order valence-corrected chi connectivity index (χ2v) is 15.3. The van der Waals surface area contributed by atoms with Crippen LogP contribution in [0.15, 0.2) is 81.0 Å². The van der Waals surface area contributed by atoms with E-state index in [0.29, 0.717) is 28.8 Å². The number of benzene rings is 3. The molecule has 2 aliphatic heterocycles. The van der Waals surface area contributed by atoms with E-state index in [2.05, 4.69) is 20.9 Å². The van der Waals surface area contributed by atoms with Gasteiger partial charge in [0.2, 0.25) is 11.8 Å². The number of carbonyl (C=O) groups excluding carboxylic acids is 2. The van der Waals surface area contributed by atoms with Gasteiger partial charge < -0.3 is 14.5 Å². The lowest BCUT2D eigenvalue weighted by atomic mass is 9.68. The third-order valence-electron chi connectivity index (χ3n) is 9.64. The minimum atomic E-state index is -0.361. The summed E-state index contributed by atoms with van der Waals surface area (Å²) in [5.41, 5.74) is 2.57. The highest BCUT2D eigenvalue weighted by atomic mass is 79.9. The van der Waals surface area contributed by atoms with Crippen molar-refractivity contribution in [2.45, 2.75) is 29.2 Å². The number of rotatable bonds is 6. The molecule has 6 unspecified atom stereocenters. The number of methoxy groups -OCH3 is 1. The molecule has 0 spiro atoms. The topological polar surface area (TPSA) is 88.7 Å². The molecule has 3 heterocycles. The molecule has 2 amide bonds. The number of amides is 2. The number of hydrogen-bond donors (Lipinski definition) is 1. The first-order chi connectivity index (χ1) is 21.3. The lowest BCUT2D eigenvalue weighted by molar-refractivity contribution is -0.123. The number of thioether (sulfide) groups is 1. The van der Waals surface area contributed by atoms with Gasteiger partial charge in [-0.2, -0.15) is 0 Å². The molecule has 2 bridgehead atoms. The zero-order chi connectivity index (χ0) is 30.3. The Labute approximate surface area is 275 Å². The van der Waals surface area contributed by atoms with Crippen molar-refractivity contribution in [2.24, 2.45) is 29.6 Å². The average Bonchev–Trinajstić information content (AvgIpc) is 3.75. The van der Waals surface area contributed by atoms with Crippen LogP contribution >= 0.6 is 50.6 Å². The molecule has 0 radical (unpaired) electrons. The molecule has 11 heteroatoms. The second-order valence-electron chi connectivity index (χ2n) is 11.8. The summed E-state index contributed by atoms with van der Waals surface area (Å²) >= 11 is 12.5. The van der Waals surface area contributed by atoms with E-state index in [4.69, 9.17) is 21.1 Å². The first-order valence-electron chi connectivity index (χ1n) is 14.4. The van der Waals surface area contributed by atoms with Crippen LogP contribution in [0.3, 0.4) is 0 Å². The predicted molar refractivity (Wildman–Crippen MR) is 174 cm³/mol. The molecular formula is C33H26BrClN2O5S2. The van der Waals surface area contributed by atoms with Crippen molar-refractivity contribution in [3.05, 3.63) is 102 Å². The van der Waals surface area contributed by atoms with E-state index in [-0.39, 0.29) is 57.4 Å². The Hall–Kier alpha value is -3.05. The fourth-order valence-corrected chi connectivity index (χ4v) is 11.4. The van der Waals surface area contributed by atoms with E-state index < -0.39 is 0 Å². The Morgan fingerprint density at radius 2 is 1.75 bits per heavy atom. The van der Waals surface area contributed by atoms with Crippen LogP contribution in [0.2, 0.25) is 5.02 Å². The fourth-order valence-electron chi connectivity index (χ4n) is 8.02. The molecule has 44 heavy (non-hydrogen) atoms. The van der Waals surface area contributed by atoms with Crippen LogP contribution in [0.25, 0.3) is 0 Å². The molecule has 4 aliphatic rings. The van der Waals surface area contributed by atoms with Crippen LogP contribution < -0.4 is 19.2 Å². The third-order valence-corrected chi connectivity index (χ3v) is 13.0. The molecule has 1 N–H and O–H groups in total. The van der Waals surface area contributed by atoms with Crippen LogP contribution in [-0.2, 0) is 16.2 Å². The standard InChI is InChI=1S/C33H26BrClN2O5S2/c1-41-23-12-16(5-10-22(23)42-14-15-3-2-4-18(35)11-15)24-25-20-13-21(28(25)43-30-29(24)44-33(40)36-30)27-26(20)31(38)37(32(27)39)19-8-6-17(34)7-9-19/h2-12,20-21,24-28H,13-14H2,1H3,(H,36,40)/t20?,21?,24-,25?,26?,27?,28?/m1/s1. The van der Waals surface area contributed by atoms with E-state index in [1.54, 1.807) is 18.9 Å². The monoisotopic (exact) mass is 708 g/mol. The summed E-state index contributed by atoms with van der Waals surface area (Å²) in [4.78, 5) is 45.8. The smallest absolute Gasteiger partial charge is 0.305 e. The van der Waals surface area contributed by atoms with Crippen LogP contribution in [-0.4, -0.2) is 29.2 Å². The number of nitrogens with zero attached hydrogens (tertiary/aromatic N) is 1. The van der Waals surface area contributed by atoms with Gasteiger partial charge >= 0.3 is 4.87 Å². The van der Waals surface area contributed by atoms with Crippen molar-refractivity contribution < 1.29 is 19.1 Å². The molecule has 1 aromatic heterocycles. The summed E-state index contributed by atoms with van der Waals surface area (Å²) in [7, 11) is 1.62. The van der Waals surface area contributed by atoms with Gasteiger partial charge in [0.25, 0.3) is 0 Å². The number of anilines is 1. The average molecular weight is 710 g/mol. The van der Waals surface area contributed by atoms with Gasteiger partial charge in [0.15, 0.2) is 11.5 Å². The molecule has 3 aromatic carbocycles. The van der Waals surface area contributed by atoms with Gasteiger partial charge in [-0.05, 0) is 83.8 Å². The second kappa shape index (κ2) is 10.8. The SMILES string of the molecule is COc1cc([C@H]2c3sc(=O)[nH]c3SC3C4CC(C5C(=O)N(c6ccc(Br)cc6)C(=O)C45)C32)ccc1OCc1cccc(Cl)c1. The number of fused-ring (bicyclic) bond motifs is 9. The molecule has 3 fully saturated rings. The number of ether oxygens (including phenoxy) is 2. The summed E-state index contributed by atoms with van der Waals surface area (Å²) in [6.07, 6.45) is 0.830.